The molecule has 4 saturated heterocycles. The van der Waals surface area contributed by atoms with Crippen molar-refractivity contribution >= 4 is 17.8 Å². The molecule has 5 rings (SSSR count). The van der Waals surface area contributed by atoms with Crippen LogP contribution in [-0.4, -0.2) is 77.4 Å². The lowest BCUT2D eigenvalue weighted by atomic mass is 9.76. The van der Waals surface area contributed by atoms with Gasteiger partial charge in [-0.15, -0.1) is 0 Å². The Morgan fingerprint density at radius 3 is 2.39 bits per heavy atom. The largest absolute Gasteiger partial charge is 0.353 e. The molecule has 4 aliphatic heterocycles. The maximum absolute atomic E-state index is 13.3. The maximum Gasteiger partial charge on any atom is 0.320 e. The van der Waals surface area contributed by atoms with Gasteiger partial charge in [-0.25, -0.2) is 4.79 Å². The normalized spacial score (nSPS) is 32.6. The Labute approximate surface area is 185 Å². The summed E-state index contributed by atoms with van der Waals surface area (Å²) in [5.74, 6) is 1.42. The van der Waals surface area contributed by atoms with Gasteiger partial charge in [0.2, 0.25) is 11.8 Å². The topological polar surface area (TPSA) is 73.0 Å². The van der Waals surface area contributed by atoms with Crippen molar-refractivity contribution < 1.29 is 14.4 Å². The number of rotatable bonds is 2. The fraction of sp³-hybridized carbons (Fsp3) is 0.875. The first-order chi connectivity index (χ1) is 15.1. The summed E-state index contributed by atoms with van der Waals surface area (Å²) in [7, 11) is 0. The van der Waals surface area contributed by atoms with E-state index in [0.29, 0.717) is 49.3 Å². The Morgan fingerprint density at radius 2 is 1.61 bits per heavy atom. The molecule has 5 fully saturated rings. The zero-order chi connectivity index (χ0) is 21.4. The van der Waals surface area contributed by atoms with Crippen LogP contribution in [0.1, 0.15) is 70.6 Å². The van der Waals surface area contributed by atoms with E-state index >= 15 is 0 Å². The molecule has 5 aliphatic rings. The quantitative estimate of drug-likeness (QED) is 0.732. The zero-order valence-corrected chi connectivity index (χ0v) is 18.8. The lowest BCUT2D eigenvalue weighted by molar-refractivity contribution is -0.144. The van der Waals surface area contributed by atoms with Crippen molar-refractivity contribution in [2.45, 2.75) is 82.7 Å². The van der Waals surface area contributed by atoms with E-state index in [2.05, 4.69) is 15.1 Å². The van der Waals surface area contributed by atoms with Crippen LogP contribution >= 0.6 is 0 Å². The number of urea groups is 1. The third-order valence-electron chi connectivity index (χ3n) is 8.54. The van der Waals surface area contributed by atoms with E-state index in [9.17, 15) is 14.4 Å². The summed E-state index contributed by atoms with van der Waals surface area (Å²) in [4.78, 5) is 44.4. The Bertz CT molecular complexity index is 699. The monoisotopic (exact) mass is 430 g/mol. The van der Waals surface area contributed by atoms with E-state index < -0.39 is 0 Å². The van der Waals surface area contributed by atoms with Gasteiger partial charge in [0.1, 0.15) is 0 Å². The van der Waals surface area contributed by atoms with Crippen molar-refractivity contribution in [1.29, 1.82) is 0 Å². The average Bonchev–Trinajstić information content (AvgIpc) is 2.80. The summed E-state index contributed by atoms with van der Waals surface area (Å²) < 4.78 is 0. The average molecular weight is 431 g/mol. The number of hydrogen-bond donors (Lipinski definition) is 1. The molecule has 4 amide bonds. The van der Waals surface area contributed by atoms with Gasteiger partial charge in [-0.2, -0.15) is 0 Å². The molecule has 0 aromatic rings. The molecular formula is C24H38N4O3. The Hall–Kier alpha value is -1.79. The van der Waals surface area contributed by atoms with Crippen molar-refractivity contribution in [2.24, 2.45) is 17.8 Å². The molecule has 3 atom stereocenters. The minimum atomic E-state index is 0.0496. The highest BCUT2D eigenvalue weighted by atomic mass is 16.2. The number of amides is 4. The van der Waals surface area contributed by atoms with Gasteiger partial charge in [0, 0.05) is 57.1 Å². The van der Waals surface area contributed by atoms with Crippen molar-refractivity contribution in [3.8, 4) is 0 Å². The molecule has 0 radical (unpaired) electrons. The Balaban J connectivity index is 1.12. The van der Waals surface area contributed by atoms with E-state index in [1.54, 1.807) is 0 Å². The first-order valence-corrected chi connectivity index (χ1v) is 12.7. The van der Waals surface area contributed by atoms with Crippen LogP contribution in [0.2, 0.25) is 0 Å². The molecule has 31 heavy (non-hydrogen) atoms. The zero-order valence-electron chi connectivity index (χ0n) is 18.8. The number of likely N-dealkylation sites (tertiary alicyclic amines) is 2. The van der Waals surface area contributed by atoms with E-state index in [1.165, 1.54) is 19.3 Å². The van der Waals surface area contributed by atoms with Crippen molar-refractivity contribution in [1.82, 2.24) is 20.0 Å². The van der Waals surface area contributed by atoms with Gasteiger partial charge >= 0.3 is 6.03 Å². The van der Waals surface area contributed by atoms with Gasteiger partial charge < -0.3 is 20.0 Å². The van der Waals surface area contributed by atoms with E-state index in [0.717, 1.165) is 64.6 Å². The highest BCUT2D eigenvalue weighted by Crippen LogP contribution is 2.38. The van der Waals surface area contributed by atoms with Crippen molar-refractivity contribution in [3.63, 3.8) is 0 Å². The number of nitrogens with one attached hydrogen (secondary N) is 1. The van der Waals surface area contributed by atoms with Crippen LogP contribution in [0.15, 0.2) is 0 Å². The van der Waals surface area contributed by atoms with Crippen LogP contribution in [0.4, 0.5) is 4.79 Å². The van der Waals surface area contributed by atoms with Crippen LogP contribution in [-0.2, 0) is 9.59 Å². The van der Waals surface area contributed by atoms with Crippen LogP contribution < -0.4 is 5.32 Å². The number of piperidine rings is 4. The molecule has 1 saturated carbocycles. The summed E-state index contributed by atoms with van der Waals surface area (Å²) in [6.45, 7) is 3.75. The molecule has 0 unspecified atom stereocenters. The maximum atomic E-state index is 13.3. The van der Waals surface area contributed by atoms with Gasteiger partial charge in [0.25, 0.3) is 0 Å². The molecule has 0 aromatic heterocycles. The molecule has 172 valence electrons. The number of carbonyl (C=O) groups is 3. The van der Waals surface area contributed by atoms with Crippen LogP contribution in [0.3, 0.4) is 0 Å². The first-order valence-electron chi connectivity index (χ1n) is 12.7. The third-order valence-corrected chi connectivity index (χ3v) is 8.54. The Morgan fingerprint density at radius 1 is 0.839 bits per heavy atom. The molecule has 7 nitrogen and oxygen atoms in total. The van der Waals surface area contributed by atoms with Crippen molar-refractivity contribution in [2.75, 3.05) is 32.7 Å². The second-order valence-electron chi connectivity index (χ2n) is 10.7. The minimum Gasteiger partial charge on any atom is -0.353 e. The lowest BCUT2D eigenvalue weighted by Crippen LogP contribution is -2.62. The summed E-state index contributed by atoms with van der Waals surface area (Å²) in [6, 6.07) is 0.846. The number of carbonyl (C=O) groups excluding carboxylic acids is 3. The minimum absolute atomic E-state index is 0.0496. The number of nitrogens with zero attached hydrogens (tertiary/aromatic N) is 3. The van der Waals surface area contributed by atoms with E-state index in [-0.39, 0.29) is 17.9 Å². The number of fused-ring (bicyclic) bond motifs is 4. The highest BCUT2D eigenvalue weighted by molar-refractivity contribution is 5.80. The smallest absolute Gasteiger partial charge is 0.320 e. The molecule has 7 heteroatoms. The summed E-state index contributed by atoms with van der Waals surface area (Å²) >= 11 is 0. The van der Waals surface area contributed by atoms with Gasteiger partial charge in [0.15, 0.2) is 0 Å². The summed E-state index contributed by atoms with van der Waals surface area (Å²) in [5.41, 5.74) is 0. The predicted molar refractivity (Wildman–Crippen MR) is 117 cm³/mol. The van der Waals surface area contributed by atoms with E-state index in [4.69, 9.17) is 0 Å². The first kappa shape index (κ1) is 21.1. The predicted octanol–water partition coefficient (Wildman–Crippen LogP) is 2.60. The molecule has 1 N–H and O–H groups in total. The second-order valence-corrected chi connectivity index (χ2v) is 10.7. The molecular weight excluding hydrogens is 392 g/mol. The van der Waals surface area contributed by atoms with Gasteiger partial charge in [0.05, 0.1) is 0 Å². The fourth-order valence-corrected chi connectivity index (χ4v) is 6.87. The van der Waals surface area contributed by atoms with Crippen LogP contribution in [0, 0.1) is 17.8 Å². The molecule has 0 spiro atoms. The third kappa shape index (κ3) is 4.42. The molecule has 1 aliphatic carbocycles. The number of hydrogen-bond acceptors (Lipinski definition) is 3. The molecule has 0 aromatic carbocycles. The lowest BCUT2D eigenvalue weighted by Gasteiger charge is -2.53. The molecule has 4 heterocycles. The SMILES string of the molecule is O=C(NC1CCCCC1)C1CCN(C(=O)N2C[C@@H]3C[C@H](C2)[C@H]2CCCC(=O)N2C3)CC1. The van der Waals surface area contributed by atoms with E-state index in [1.807, 2.05) is 4.90 Å². The standard InChI is InChI=1S/C24H38N4O3/c29-22-8-4-7-21-19-13-17(15-28(21)22)14-27(16-19)24(31)26-11-9-18(10-12-26)23(30)25-20-5-2-1-3-6-20/h17-21H,1-16H2,(H,25,30)/t17-,19+,21+/m0/s1. The van der Waals surface area contributed by atoms with Crippen molar-refractivity contribution in [3.05, 3.63) is 0 Å². The van der Waals surface area contributed by atoms with Gasteiger partial charge in [-0.05, 0) is 56.8 Å². The highest BCUT2D eigenvalue weighted by Gasteiger charge is 2.45. The fourth-order valence-electron chi connectivity index (χ4n) is 6.87. The Kier molecular flexibility index (Phi) is 6.11. The second kappa shape index (κ2) is 8.99. The van der Waals surface area contributed by atoms with Gasteiger partial charge in [-0.3, -0.25) is 9.59 Å². The van der Waals surface area contributed by atoms with Crippen LogP contribution in [0.25, 0.3) is 0 Å². The van der Waals surface area contributed by atoms with Gasteiger partial charge in [-0.1, -0.05) is 19.3 Å². The molecule has 2 bridgehead atoms. The summed E-state index contributed by atoms with van der Waals surface area (Å²) in [5, 5.41) is 3.27. The van der Waals surface area contributed by atoms with Crippen LogP contribution in [0.5, 0.6) is 0 Å². The summed E-state index contributed by atoms with van der Waals surface area (Å²) in [6.07, 6.45) is 11.5.